The summed E-state index contributed by atoms with van der Waals surface area (Å²) in [6, 6.07) is 0. The molecule has 0 unspecified atom stereocenters. The molecule has 3 nitrogen and oxygen atoms in total. The van der Waals surface area contributed by atoms with Crippen LogP contribution < -0.4 is 5.32 Å². The fourth-order valence-electron chi connectivity index (χ4n) is 2.73. The fourth-order valence-corrected chi connectivity index (χ4v) is 2.73. The van der Waals surface area contributed by atoms with Gasteiger partial charge in [0.05, 0.1) is 0 Å². The van der Waals surface area contributed by atoms with Gasteiger partial charge < -0.3 is 10.1 Å². The molecule has 0 radical (unpaired) electrons. The molecule has 1 aliphatic carbocycles. The molecular weight excluding hydrogens is 226 g/mol. The Hall–Kier alpha value is -0.860. The van der Waals surface area contributed by atoms with Crippen molar-refractivity contribution in [1.82, 2.24) is 5.32 Å². The second kappa shape index (κ2) is 6.91. The SMILES string of the molecule is CC(=O)CCC(=O)NCC(C)(C)C1CCCCC1. The zero-order valence-corrected chi connectivity index (χ0v) is 12.1. The summed E-state index contributed by atoms with van der Waals surface area (Å²) < 4.78 is 0. The lowest BCUT2D eigenvalue weighted by Crippen LogP contribution is -2.39. The number of Topliss-reactive ketones (excluding diaryl/α,β-unsaturated/α-hetero) is 1. The summed E-state index contributed by atoms with van der Waals surface area (Å²) >= 11 is 0. The van der Waals surface area contributed by atoms with E-state index in [2.05, 4.69) is 19.2 Å². The van der Waals surface area contributed by atoms with Crippen LogP contribution in [-0.4, -0.2) is 18.2 Å². The van der Waals surface area contributed by atoms with Crippen LogP contribution in [0.2, 0.25) is 0 Å². The number of hydrogen-bond donors (Lipinski definition) is 1. The molecule has 0 heterocycles. The summed E-state index contributed by atoms with van der Waals surface area (Å²) in [5.74, 6) is 0.810. The van der Waals surface area contributed by atoms with Crippen molar-refractivity contribution in [2.75, 3.05) is 6.54 Å². The zero-order chi connectivity index (χ0) is 13.6. The van der Waals surface area contributed by atoms with Crippen LogP contribution in [0.3, 0.4) is 0 Å². The van der Waals surface area contributed by atoms with E-state index in [0.717, 1.165) is 12.5 Å². The second-order valence-corrected chi connectivity index (χ2v) is 6.30. The Morgan fingerprint density at radius 1 is 1.11 bits per heavy atom. The van der Waals surface area contributed by atoms with Crippen molar-refractivity contribution in [3.8, 4) is 0 Å². The van der Waals surface area contributed by atoms with Gasteiger partial charge in [0.25, 0.3) is 0 Å². The minimum absolute atomic E-state index is 0.00841. The van der Waals surface area contributed by atoms with E-state index in [1.807, 2.05) is 0 Å². The summed E-state index contributed by atoms with van der Waals surface area (Å²) in [5.41, 5.74) is 0.173. The minimum Gasteiger partial charge on any atom is -0.356 e. The summed E-state index contributed by atoms with van der Waals surface area (Å²) in [7, 11) is 0. The Labute approximate surface area is 111 Å². The maximum absolute atomic E-state index is 11.6. The molecule has 18 heavy (non-hydrogen) atoms. The lowest BCUT2D eigenvalue weighted by Gasteiger charge is -2.37. The van der Waals surface area contributed by atoms with Crippen LogP contribution in [-0.2, 0) is 9.59 Å². The summed E-state index contributed by atoms with van der Waals surface area (Å²) in [4.78, 5) is 22.4. The van der Waals surface area contributed by atoms with E-state index >= 15 is 0 Å². The van der Waals surface area contributed by atoms with Crippen molar-refractivity contribution in [3.05, 3.63) is 0 Å². The number of nitrogens with one attached hydrogen (secondary N) is 1. The Morgan fingerprint density at radius 3 is 2.28 bits per heavy atom. The van der Waals surface area contributed by atoms with Crippen molar-refractivity contribution in [3.63, 3.8) is 0 Å². The molecule has 0 saturated heterocycles. The third-order valence-electron chi connectivity index (χ3n) is 4.16. The van der Waals surface area contributed by atoms with Gasteiger partial charge in [-0.1, -0.05) is 33.1 Å². The number of hydrogen-bond acceptors (Lipinski definition) is 2. The normalized spacial score (nSPS) is 17.5. The molecule has 1 fully saturated rings. The molecule has 0 aromatic rings. The van der Waals surface area contributed by atoms with Crippen LogP contribution in [0.1, 0.15) is 65.7 Å². The lowest BCUT2D eigenvalue weighted by molar-refractivity contribution is -0.125. The Morgan fingerprint density at radius 2 is 1.72 bits per heavy atom. The highest BCUT2D eigenvalue weighted by Gasteiger charge is 2.30. The van der Waals surface area contributed by atoms with Crippen LogP contribution in [0, 0.1) is 11.3 Å². The van der Waals surface area contributed by atoms with Crippen LogP contribution in [0.5, 0.6) is 0 Å². The Balaban J connectivity index is 2.31. The molecule has 0 spiro atoms. The smallest absolute Gasteiger partial charge is 0.220 e. The number of amides is 1. The van der Waals surface area contributed by atoms with E-state index < -0.39 is 0 Å². The molecule has 1 aliphatic rings. The monoisotopic (exact) mass is 253 g/mol. The van der Waals surface area contributed by atoms with Gasteiger partial charge in [-0.05, 0) is 31.1 Å². The van der Waals surface area contributed by atoms with Gasteiger partial charge in [-0.25, -0.2) is 0 Å². The van der Waals surface area contributed by atoms with Crippen LogP contribution in [0.25, 0.3) is 0 Å². The van der Waals surface area contributed by atoms with Gasteiger partial charge in [0.15, 0.2) is 0 Å². The van der Waals surface area contributed by atoms with Crippen molar-refractivity contribution < 1.29 is 9.59 Å². The van der Waals surface area contributed by atoms with Crippen molar-refractivity contribution in [1.29, 1.82) is 0 Å². The molecule has 3 heteroatoms. The summed E-state index contributed by atoms with van der Waals surface area (Å²) in [5, 5.41) is 2.98. The van der Waals surface area contributed by atoms with Gasteiger partial charge >= 0.3 is 0 Å². The van der Waals surface area contributed by atoms with Crippen LogP contribution >= 0.6 is 0 Å². The average molecular weight is 253 g/mol. The lowest BCUT2D eigenvalue weighted by atomic mass is 9.71. The van der Waals surface area contributed by atoms with Gasteiger partial charge in [0.1, 0.15) is 5.78 Å². The third-order valence-corrected chi connectivity index (χ3v) is 4.16. The van der Waals surface area contributed by atoms with E-state index in [1.165, 1.54) is 39.0 Å². The molecule has 104 valence electrons. The second-order valence-electron chi connectivity index (χ2n) is 6.30. The molecule has 1 rings (SSSR count). The predicted octanol–water partition coefficient (Wildman–Crippen LogP) is 3.08. The highest BCUT2D eigenvalue weighted by atomic mass is 16.2. The molecule has 1 N–H and O–H groups in total. The molecule has 0 aromatic carbocycles. The van der Waals surface area contributed by atoms with E-state index in [0.29, 0.717) is 12.8 Å². The summed E-state index contributed by atoms with van der Waals surface area (Å²) in [6.07, 6.45) is 7.27. The van der Waals surface area contributed by atoms with Gasteiger partial charge in [0.2, 0.25) is 5.91 Å². The van der Waals surface area contributed by atoms with Crippen molar-refractivity contribution in [2.45, 2.75) is 65.7 Å². The van der Waals surface area contributed by atoms with Crippen LogP contribution in [0.4, 0.5) is 0 Å². The van der Waals surface area contributed by atoms with Gasteiger partial charge in [-0.2, -0.15) is 0 Å². The minimum atomic E-state index is 0.00841. The highest BCUT2D eigenvalue weighted by molar-refractivity contribution is 5.83. The first-order chi connectivity index (χ1) is 8.42. The van der Waals surface area contributed by atoms with Crippen molar-refractivity contribution in [2.24, 2.45) is 11.3 Å². The average Bonchev–Trinajstić information content (AvgIpc) is 2.35. The molecule has 0 aliphatic heterocycles. The molecule has 0 atom stereocenters. The van der Waals surface area contributed by atoms with Gasteiger partial charge in [-0.15, -0.1) is 0 Å². The highest BCUT2D eigenvalue weighted by Crippen LogP contribution is 2.37. The number of carbonyl (C=O) groups is 2. The Kier molecular flexibility index (Phi) is 5.83. The predicted molar refractivity (Wildman–Crippen MR) is 73.3 cm³/mol. The van der Waals surface area contributed by atoms with E-state index in [1.54, 1.807) is 0 Å². The molecule has 1 saturated carbocycles. The van der Waals surface area contributed by atoms with Crippen LogP contribution in [0.15, 0.2) is 0 Å². The van der Waals surface area contributed by atoms with E-state index in [9.17, 15) is 9.59 Å². The fraction of sp³-hybridized carbons (Fsp3) is 0.867. The number of rotatable bonds is 6. The maximum atomic E-state index is 11.6. The zero-order valence-electron chi connectivity index (χ0n) is 12.1. The number of carbonyl (C=O) groups excluding carboxylic acids is 2. The maximum Gasteiger partial charge on any atom is 0.220 e. The van der Waals surface area contributed by atoms with E-state index in [-0.39, 0.29) is 17.1 Å². The first-order valence-corrected chi connectivity index (χ1v) is 7.18. The van der Waals surface area contributed by atoms with Crippen molar-refractivity contribution >= 4 is 11.7 Å². The first-order valence-electron chi connectivity index (χ1n) is 7.18. The number of ketones is 1. The first kappa shape index (κ1) is 15.2. The Bertz CT molecular complexity index is 291. The molecule has 0 aromatic heterocycles. The van der Waals surface area contributed by atoms with E-state index in [4.69, 9.17) is 0 Å². The standard InChI is InChI=1S/C15H27NO2/c1-12(17)9-10-14(18)16-11-15(2,3)13-7-5-4-6-8-13/h13H,4-11H2,1-3H3,(H,16,18). The third kappa shape index (κ3) is 5.19. The summed E-state index contributed by atoms with van der Waals surface area (Å²) in [6.45, 7) is 6.75. The molecular formula is C15H27NO2. The largest absolute Gasteiger partial charge is 0.356 e. The quantitative estimate of drug-likeness (QED) is 0.790. The van der Waals surface area contributed by atoms with Gasteiger partial charge in [0, 0.05) is 19.4 Å². The topological polar surface area (TPSA) is 46.2 Å². The van der Waals surface area contributed by atoms with Gasteiger partial charge in [-0.3, -0.25) is 4.79 Å². The molecule has 0 bridgehead atoms. The molecule has 1 amide bonds.